The highest BCUT2D eigenvalue weighted by molar-refractivity contribution is 8.03. The van der Waals surface area contributed by atoms with Crippen LogP contribution in [0.5, 0.6) is 0 Å². The highest BCUT2D eigenvalue weighted by atomic mass is 32.2. The molecule has 0 aromatic heterocycles. The molecule has 0 amide bonds. The fourth-order valence-electron chi connectivity index (χ4n) is 5.11. The molecule has 3 atom stereocenters. The minimum absolute atomic E-state index is 0.204. The number of hydrogen-bond donors (Lipinski definition) is 1. The van der Waals surface area contributed by atoms with E-state index in [0.29, 0.717) is 11.7 Å². The summed E-state index contributed by atoms with van der Waals surface area (Å²) < 4.78 is 18.4. The van der Waals surface area contributed by atoms with E-state index >= 15 is 0 Å². The van der Waals surface area contributed by atoms with Gasteiger partial charge in [-0.2, -0.15) is 0 Å². The standard InChI is InChI=1S/C23H28FNO3S/c24-20-6-1-4-16(14-20)5-3-11-29-22-21(28-23(26)27)7-2-10-25(22)15-19-13-17-8-9-18(19)12-17/h1-2,4,6-7,14,17-19H,3,5,8-13,15H2,(H,26,27). The summed E-state index contributed by atoms with van der Waals surface area (Å²) in [5.74, 6) is 3.49. The van der Waals surface area contributed by atoms with Crippen LogP contribution in [0.4, 0.5) is 9.18 Å². The maximum Gasteiger partial charge on any atom is 0.511 e. The smallest absolute Gasteiger partial charge is 0.449 e. The fourth-order valence-corrected chi connectivity index (χ4v) is 6.18. The Morgan fingerprint density at radius 3 is 2.93 bits per heavy atom. The number of nitrogens with zero attached hydrogens (tertiary/aromatic N) is 1. The normalized spacial score (nSPS) is 25.7. The number of fused-ring (bicyclic) bond motifs is 2. The van der Waals surface area contributed by atoms with Gasteiger partial charge in [-0.3, -0.25) is 0 Å². The third-order valence-electron chi connectivity index (χ3n) is 6.37. The third kappa shape index (κ3) is 5.16. The van der Waals surface area contributed by atoms with Gasteiger partial charge in [-0.05, 0) is 79.4 Å². The largest absolute Gasteiger partial charge is 0.511 e. The van der Waals surface area contributed by atoms with Crippen LogP contribution in [0.3, 0.4) is 0 Å². The fraction of sp³-hybridized carbons (Fsp3) is 0.522. The second kappa shape index (κ2) is 9.24. The molecule has 2 bridgehead atoms. The molecule has 4 nitrogen and oxygen atoms in total. The molecule has 0 saturated heterocycles. The highest BCUT2D eigenvalue weighted by Crippen LogP contribution is 2.49. The first-order chi connectivity index (χ1) is 14.1. The van der Waals surface area contributed by atoms with E-state index in [1.54, 1.807) is 30.0 Å². The van der Waals surface area contributed by atoms with Crippen LogP contribution in [0, 0.1) is 23.6 Å². The van der Waals surface area contributed by atoms with Crippen molar-refractivity contribution in [2.75, 3.05) is 18.8 Å². The first kappa shape index (κ1) is 20.3. The SMILES string of the molecule is O=C(O)OC1=C(SCCCc2cccc(F)c2)N(CC2CC3CCC2C3)CC=C1. The lowest BCUT2D eigenvalue weighted by Crippen LogP contribution is -2.33. The van der Waals surface area contributed by atoms with Crippen LogP contribution >= 0.6 is 11.8 Å². The van der Waals surface area contributed by atoms with Crippen molar-refractivity contribution in [3.8, 4) is 0 Å². The van der Waals surface area contributed by atoms with Gasteiger partial charge in [0.05, 0.1) is 0 Å². The average Bonchev–Trinajstić information content (AvgIpc) is 3.29. The molecule has 6 heteroatoms. The molecule has 4 rings (SSSR count). The first-order valence-corrected chi connectivity index (χ1v) is 11.5. The summed E-state index contributed by atoms with van der Waals surface area (Å²) in [7, 11) is 0. The van der Waals surface area contributed by atoms with Gasteiger partial charge < -0.3 is 14.7 Å². The van der Waals surface area contributed by atoms with Crippen molar-refractivity contribution in [1.82, 2.24) is 4.90 Å². The Morgan fingerprint density at radius 1 is 1.31 bits per heavy atom. The molecule has 3 aliphatic rings. The lowest BCUT2D eigenvalue weighted by Gasteiger charge is -2.34. The van der Waals surface area contributed by atoms with Gasteiger partial charge in [0.2, 0.25) is 0 Å². The predicted molar refractivity (Wildman–Crippen MR) is 113 cm³/mol. The molecule has 1 heterocycles. The average molecular weight is 418 g/mol. The van der Waals surface area contributed by atoms with Gasteiger partial charge in [-0.25, -0.2) is 9.18 Å². The van der Waals surface area contributed by atoms with Crippen LogP contribution in [0.1, 0.15) is 37.7 Å². The zero-order valence-corrected chi connectivity index (χ0v) is 17.4. The molecule has 3 unspecified atom stereocenters. The number of ether oxygens (including phenoxy) is 1. The molecular weight excluding hydrogens is 389 g/mol. The number of allylic oxidation sites excluding steroid dienone is 1. The van der Waals surface area contributed by atoms with Gasteiger partial charge >= 0.3 is 6.16 Å². The van der Waals surface area contributed by atoms with E-state index < -0.39 is 6.16 Å². The summed E-state index contributed by atoms with van der Waals surface area (Å²) in [5.41, 5.74) is 0.990. The highest BCUT2D eigenvalue weighted by Gasteiger charge is 2.40. The van der Waals surface area contributed by atoms with Crippen molar-refractivity contribution < 1.29 is 19.0 Å². The number of carboxylic acid groups (broad SMARTS) is 1. The van der Waals surface area contributed by atoms with E-state index in [1.165, 1.54) is 31.7 Å². The number of hydrogen-bond acceptors (Lipinski definition) is 4. The number of carbonyl (C=O) groups is 1. The molecule has 1 aromatic rings. The molecule has 2 saturated carbocycles. The summed E-state index contributed by atoms with van der Waals surface area (Å²) in [4.78, 5) is 13.5. The minimum atomic E-state index is -1.27. The van der Waals surface area contributed by atoms with Gasteiger partial charge in [-0.15, -0.1) is 11.8 Å². The summed E-state index contributed by atoms with van der Waals surface area (Å²) in [6.07, 6.45) is 9.58. The van der Waals surface area contributed by atoms with E-state index in [9.17, 15) is 9.18 Å². The minimum Gasteiger partial charge on any atom is -0.449 e. The maximum atomic E-state index is 13.3. The van der Waals surface area contributed by atoms with Crippen LogP contribution in [-0.2, 0) is 11.2 Å². The molecule has 29 heavy (non-hydrogen) atoms. The molecule has 1 N–H and O–H groups in total. The van der Waals surface area contributed by atoms with Crippen LogP contribution in [0.25, 0.3) is 0 Å². The molecule has 1 aliphatic heterocycles. The topological polar surface area (TPSA) is 49.8 Å². The maximum absolute atomic E-state index is 13.3. The number of halogens is 1. The predicted octanol–water partition coefficient (Wildman–Crippen LogP) is 5.66. The zero-order valence-electron chi connectivity index (χ0n) is 16.6. The van der Waals surface area contributed by atoms with Crippen molar-refractivity contribution in [2.45, 2.75) is 38.5 Å². The van der Waals surface area contributed by atoms with Gasteiger partial charge in [0.15, 0.2) is 5.76 Å². The summed E-state index contributed by atoms with van der Waals surface area (Å²) in [6.45, 7) is 1.77. The molecule has 0 radical (unpaired) electrons. The number of benzene rings is 1. The summed E-state index contributed by atoms with van der Waals surface area (Å²) in [6, 6.07) is 6.72. The first-order valence-electron chi connectivity index (χ1n) is 10.5. The van der Waals surface area contributed by atoms with Crippen molar-refractivity contribution >= 4 is 17.9 Å². The van der Waals surface area contributed by atoms with Gasteiger partial charge in [0, 0.05) is 13.1 Å². The second-order valence-electron chi connectivity index (χ2n) is 8.36. The van der Waals surface area contributed by atoms with E-state index in [0.717, 1.165) is 54.1 Å². The Morgan fingerprint density at radius 2 is 2.21 bits per heavy atom. The quantitative estimate of drug-likeness (QED) is 0.437. The van der Waals surface area contributed by atoms with Gasteiger partial charge in [0.25, 0.3) is 0 Å². The van der Waals surface area contributed by atoms with E-state index in [4.69, 9.17) is 9.84 Å². The van der Waals surface area contributed by atoms with E-state index in [2.05, 4.69) is 4.90 Å². The second-order valence-corrected chi connectivity index (χ2v) is 9.45. The number of thioether (sulfide) groups is 1. The van der Waals surface area contributed by atoms with Crippen LogP contribution in [-0.4, -0.2) is 35.0 Å². The molecule has 156 valence electrons. The number of rotatable bonds is 8. The van der Waals surface area contributed by atoms with Crippen molar-refractivity contribution in [3.63, 3.8) is 0 Å². The van der Waals surface area contributed by atoms with Crippen molar-refractivity contribution in [2.24, 2.45) is 17.8 Å². The van der Waals surface area contributed by atoms with E-state index in [-0.39, 0.29) is 5.82 Å². The van der Waals surface area contributed by atoms with Crippen LogP contribution in [0.15, 0.2) is 47.2 Å². The Hall–Kier alpha value is -1.95. The lowest BCUT2D eigenvalue weighted by atomic mass is 9.88. The van der Waals surface area contributed by atoms with Crippen molar-refractivity contribution in [1.29, 1.82) is 0 Å². The van der Waals surface area contributed by atoms with Crippen molar-refractivity contribution in [3.05, 3.63) is 58.6 Å². The third-order valence-corrected chi connectivity index (χ3v) is 7.59. The van der Waals surface area contributed by atoms with Gasteiger partial charge in [-0.1, -0.05) is 24.6 Å². The van der Waals surface area contributed by atoms with Gasteiger partial charge in [0.1, 0.15) is 10.8 Å². The van der Waals surface area contributed by atoms with E-state index in [1.807, 2.05) is 12.1 Å². The lowest BCUT2D eigenvalue weighted by molar-refractivity contribution is 0.118. The molecule has 1 aromatic carbocycles. The van der Waals surface area contributed by atoms with Crippen LogP contribution < -0.4 is 0 Å². The Labute approximate surface area is 175 Å². The molecule has 2 aliphatic carbocycles. The Bertz CT molecular complexity index is 809. The monoisotopic (exact) mass is 417 g/mol. The van der Waals surface area contributed by atoms with Crippen LogP contribution in [0.2, 0.25) is 0 Å². The number of aryl methyl sites for hydroxylation is 1. The molecule has 2 fully saturated rings. The summed E-state index contributed by atoms with van der Waals surface area (Å²) in [5, 5.41) is 10.1. The Kier molecular flexibility index (Phi) is 6.48. The molecular formula is C23H28FNO3S. The molecule has 0 spiro atoms. The zero-order chi connectivity index (χ0) is 20.2. The Balaban J connectivity index is 1.38. The summed E-state index contributed by atoms with van der Waals surface area (Å²) >= 11 is 1.65.